The lowest BCUT2D eigenvalue weighted by atomic mass is 9.94. The SMILES string of the molecule is CCC=CC=CC=C1CC2CCC1C2. The molecule has 2 saturated carbocycles. The highest BCUT2D eigenvalue weighted by Gasteiger charge is 2.34. The molecule has 0 aromatic heterocycles. The number of allylic oxidation sites excluding steroid dienone is 6. The van der Waals surface area contributed by atoms with Gasteiger partial charge in [0.2, 0.25) is 0 Å². The van der Waals surface area contributed by atoms with E-state index in [2.05, 4.69) is 37.3 Å². The maximum atomic E-state index is 2.35. The second-order valence-corrected chi connectivity index (χ2v) is 4.54. The Labute approximate surface area is 87.4 Å². The molecule has 0 aromatic rings. The summed E-state index contributed by atoms with van der Waals surface area (Å²) in [5.74, 6) is 1.98. The molecule has 0 heteroatoms. The lowest BCUT2D eigenvalue weighted by Gasteiger charge is -2.11. The fourth-order valence-electron chi connectivity index (χ4n) is 2.76. The summed E-state index contributed by atoms with van der Waals surface area (Å²) < 4.78 is 0. The van der Waals surface area contributed by atoms with E-state index >= 15 is 0 Å². The van der Waals surface area contributed by atoms with Crippen LogP contribution < -0.4 is 0 Å². The van der Waals surface area contributed by atoms with Crippen molar-refractivity contribution in [3.63, 3.8) is 0 Å². The summed E-state index contributed by atoms with van der Waals surface area (Å²) in [6.07, 6.45) is 18.0. The first-order valence-corrected chi connectivity index (χ1v) is 5.92. The van der Waals surface area contributed by atoms with Gasteiger partial charge < -0.3 is 0 Å². The minimum Gasteiger partial charge on any atom is -0.0848 e. The minimum absolute atomic E-state index is 0.944. The Morgan fingerprint density at radius 3 is 2.79 bits per heavy atom. The Bertz CT molecular complexity index is 268. The van der Waals surface area contributed by atoms with Crippen LogP contribution in [-0.2, 0) is 0 Å². The normalized spacial score (nSPS) is 34.2. The van der Waals surface area contributed by atoms with Crippen molar-refractivity contribution in [3.8, 4) is 0 Å². The van der Waals surface area contributed by atoms with Gasteiger partial charge in [0.25, 0.3) is 0 Å². The molecule has 0 aromatic carbocycles. The first-order chi connectivity index (χ1) is 6.90. The van der Waals surface area contributed by atoms with Gasteiger partial charge in [-0.3, -0.25) is 0 Å². The molecular formula is C14H20. The molecule has 0 saturated heterocycles. The molecule has 0 heterocycles. The predicted molar refractivity (Wildman–Crippen MR) is 62.1 cm³/mol. The lowest BCUT2D eigenvalue weighted by molar-refractivity contribution is 0.561. The van der Waals surface area contributed by atoms with Crippen LogP contribution in [0.1, 0.15) is 39.0 Å². The van der Waals surface area contributed by atoms with Gasteiger partial charge in [-0.1, -0.05) is 42.9 Å². The summed E-state index contributed by atoms with van der Waals surface area (Å²) >= 11 is 0. The average molecular weight is 188 g/mol. The quantitative estimate of drug-likeness (QED) is 0.581. The summed E-state index contributed by atoms with van der Waals surface area (Å²) in [7, 11) is 0. The van der Waals surface area contributed by atoms with Gasteiger partial charge in [0.05, 0.1) is 0 Å². The number of fused-ring (bicyclic) bond motifs is 2. The van der Waals surface area contributed by atoms with E-state index in [-0.39, 0.29) is 0 Å². The van der Waals surface area contributed by atoms with E-state index in [1.807, 2.05) is 0 Å². The van der Waals surface area contributed by atoms with E-state index in [0.717, 1.165) is 18.3 Å². The molecule has 2 fully saturated rings. The zero-order chi connectivity index (χ0) is 9.80. The molecule has 0 amide bonds. The van der Waals surface area contributed by atoms with E-state index in [1.54, 1.807) is 5.57 Å². The van der Waals surface area contributed by atoms with Crippen LogP contribution in [0.4, 0.5) is 0 Å². The molecule has 2 aliphatic rings. The van der Waals surface area contributed by atoms with Crippen molar-refractivity contribution in [2.75, 3.05) is 0 Å². The van der Waals surface area contributed by atoms with Crippen molar-refractivity contribution in [3.05, 3.63) is 36.0 Å². The lowest BCUT2D eigenvalue weighted by Crippen LogP contribution is -1.96. The molecule has 0 aliphatic heterocycles. The zero-order valence-electron chi connectivity index (χ0n) is 9.08. The third-order valence-electron chi connectivity index (χ3n) is 3.49. The Morgan fingerprint density at radius 1 is 1.21 bits per heavy atom. The van der Waals surface area contributed by atoms with Gasteiger partial charge in [-0.15, -0.1) is 0 Å². The van der Waals surface area contributed by atoms with Crippen molar-refractivity contribution < 1.29 is 0 Å². The summed E-state index contributed by atoms with van der Waals surface area (Å²) in [4.78, 5) is 0. The van der Waals surface area contributed by atoms with E-state index in [9.17, 15) is 0 Å². The van der Waals surface area contributed by atoms with Crippen LogP contribution in [0.15, 0.2) is 36.0 Å². The topological polar surface area (TPSA) is 0 Å². The number of rotatable bonds is 3. The van der Waals surface area contributed by atoms with E-state index in [1.165, 1.54) is 25.7 Å². The second-order valence-electron chi connectivity index (χ2n) is 4.54. The Hall–Kier alpha value is -0.780. The molecule has 2 atom stereocenters. The third-order valence-corrected chi connectivity index (χ3v) is 3.49. The average Bonchev–Trinajstić information content (AvgIpc) is 2.79. The Kier molecular flexibility index (Phi) is 3.23. The van der Waals surface area contributed by atoms with Crippen LogP contribution in [0.2, 0.25) is 0 Å². The van der Waals surface area contributed by atoms with E-state index in [4.69, 9.17) is 0 Å². The molecule has 2 unspecified atom stereocenters. The van der Waals surface area contributed by atoms with Crippen molar-refractivity contribution in [1.29, 1.82) is 0 Å². The second kappa shape index (κ2) is 4.63. The summed E-state index contributed by atoms with van der Waals surface area (Å²) in [6, 6.07) is 0. The highest BCUT2D eigenvalue weighted by Crippen LogP contribution is 2.47. The van der Waals surface area contributed by atoms with Crippen LogP contribution in [0, 0.1) is 11.8 Å². The zero-order valence-corrected chi connectivity index (χ0v) is 9.08. The largest absolute Gasteiger partial charge is 0.0848 e. The van der Waals surface area contributed by atoms with E-state index in [0.29, 0.717) is 0 Å². The molecule has 76 valence electrons. The predicted octanol–water partition coefficient (Wildman–Crippen LogP) is 4.26. The maximum Gasteiger partial charge on any atom is -0.0197 e. The van der Waals surface area contributed by atoms with Gasteiger partial charge in [0.15, 0.2) is 0 Å². The fraction of sp³-hybridized carbons (Fsp3) is 0.571. The van der Waals surface area contributed by atoms with E-state index < -0.39 is 0 Å². The first kappa shape index (κ1) is 9.76. The highest BCUT2D eigenvalue weighted by atomic mass is 14.4. The van der Waals surface area contributed by atoms with Gasteiger partial charge in [-0.2, -0.15) is 0 Å². The highest BCUT2D eigenvalue weighted by molar-refractivity contribution is 5.23. The fourth-order valence-corrected chi connectivity index (χ4v) is 2.76. The Balaban J connectivity index is 1.86. The first-order valence-electron chi connectivity index (χ1n) is 5.92. The molecular weight excluding hydrogens is 168 g/mol. The van der Waals surface area contributed by atoms with Crippen LogP contribution >= 0.6 is 0 Å². The molecule has 14 heavy (non-hydrogen) atoms. The third kappa shape index (κ3) is 2.17. The number of hydrogen-bond donors (Lipinski definition) is 0. The molecule has 0 radical (unpaired) electrons. The maximum absolute atomic E-state index is 2.35. The molecule has 0 N–H and O–H groups in total. The summed E-state index contributed by atoms with van der Waals surface area (Å²) in [6.45, 7) is 2.17. The molecule has 0 nitrogen and oxygen atoms in total. The monoisotopic (exact) mass is 188 g/mol. The van der Waals surface area contributed by atoms with Gasteiger partial charge in [0.1, 0.15) is 0 Å². The molecule has 2 aliphatic carbocycles. The summed E-state index contributed by atoms with van der Waals surface area (Å²) in [5, 5.41) is 0. The number of hydrogen-bond acceptors (Lipinski definition) is 0. The van der Waals surface area contributed by atoms with Gasteiger partial charge in [-0.05, 0) is 43.9 Å². The molecule has 2 bridgehead atoms. The van der Waals surface area contributed by atoms with Crippen molar-refractivity contribution in [1.82, 2.24) is 0 Å². The van der Waals surface area contributed by atoms with Gasteiger partial charge in [0, 0.05) is 0 Å². The standard InChI is InChI=1S/C14H20/c1-2-3-4-5-6-7-13-10-12-8-9-14(13)11-12/h3-7,12,14H,2,8-11H2,1H3. The molecule has 2 rings (SSSR count). The Morgan fingerprint density at radius 2 is 2.14 bits per heavy atom. The minimum atomic E-state index is 0.944. The van der Waals surface area contributed by atoms with Crippen LogP contribution in [0.5, 0.6) is 0 Å². The molecule has 0 spiro atoms. The van der Waals surface area contributed by atoms with Crippen LogP contribution in [0.3, 0.4) is 0 Å². The van der Waals surface area contributed by atoms with Gasteiger partial charge >= 0.3 is 0 Å². The van der Waals surface area contributed by atoms with Crippen LogP contribution in [-0.4, -0.2) is 0 Å². The van der Waals surface area contributed by atoms with Crippen LogP contribution in [0.25, 0.3) is 0 Å². The van der Waals surface area contributed by atoms with Crippen molar-refractivity contribution >= 4 is 0 Å². The summed E-state index contributed by atoms with van der Waals surface area (Å²) in [5.41, 5.74) is 1.71. The van der Waals surface area contributed by atoms with Gasteiger partial charge in [-0.25, -0.2) is 0 Å². The smallest absolute Gasteiger partial charge is 0.0197 e. The van der Waals surface area contributed by atoms with Crippen molar-refractivity contribution in [2.24, 2.45) is 11.8 Å². The van der Waals surface area contributed by atoms with Crippen molar-refractivity contribution in [2.45, 2.75) is 39.0 Å².